The molecule has 0 radical (unpaired) electrons. The van der Waals surface area contributed by atoms with Crippen molar-refractivity contribution in [2.24, 2.45) is 0 Å². The van der Waals surface area contributed by atoms with E-state index in [1.54, 1.807) is 6.08 Å². The third-order valence-electron chi connectivity index (χ3n) is 9.23. The number of hydrogen-bond acceptors (Lipinski definition) is 6. The molecule has 0 saturated carbocycles. The first-order valence-corrected chi connectivity index (χ1v) is 22.5. The first-order chi connectivity index (χ1) is 27.0. The fourth-order valence-electron chi connectivity index (χ4n) is 5.83. The zero-order valence-electron chi connectivity index (χ0n) is 35.7. The van der Waals surface area contributed by atoms with Gasteiger partial charge in [-0.15, -0.1) is 0 Å². The van der Waals surface area contributed by atoms with E-state index in [1.807, 2.05) is 6.08 Å². The molecule has 0 aromatic heterocycles. The fourth-order valence-corrected chi connectivity index (χ4v) is 5.83. The van der Waals surface area contributed by atoms with Crippen LogP contribution in [0.25, 0.3) is 0 Å². The Bertz CT molecular complexity index is 1070. The maximum atomic E-state index is 12.7. The number of ether oxygens (including phenoxy) is 3. The summed E-state index contributed by atoms with van der Waals surface area (Å²) < 4.78 is 16.5. The summed E-state index contributed by atoms with van der Waals surface area (Å²) in [5, 5.41) is 0. The zero-order chi connectivity index (χ0) is 40.1. The predicted molar refractivity (Wildman–Crippen MR) is 233 cm³/mol. The fraction of sp³-hybridized carbons (Fsp3) is 0.694. The minimum absolute atomic E-state index is 0.116. The molecular weight excluding hydrogens is 685 g/mol. The molecule has 0 bridgehead atoms. The van der Waals surface area contributed by atoms with E-state index >= 15 is 0 Å². The second kappa shape index (κ2) is 43.6. The summed E-state index contributed by atoms with van der Waals surface area (Å²) >= 11 is 0. The molecule has 0 saturated heterocycles. The molecule has 0 aromatic carbocycles. The monoisotopic (exact) mass is 767 g/mol. The average molecular weight is 767 g/mol. The minimum Gasteiger partial charge on any atom is -0.462 e. The van der Waals surface area contributed by atoms with Crippen molar-refractivity contribution < 1.29 is 28.6 Å². The van der Waals surface area contributed by atoms with Crippen LogP contribution in [0.1, 0.15) is 201 Å². The highest BCUT2D eigenvalue weighted by Crippen LogP contribution is 2.13. The standard InChI is InChI=1S/C49H82O6/c1-4-7-10-13-16-19-21-22-23-24-25-26-28-30-33-36-39-42-48(51)54-45-46(44-53-47(50)41-38-35-32-29-18-15-12-9-6-3)55-49(52)43-40-37-34-31-27-20-17-14-11-8-5-2/h9,12,14,17-18,20,22-23,27,29,35,38,46H,4-8,10-11,13,15-16,19,21,24-26,28,30-34,36-37,39-45H2,1-3H3/b12-9-,17-14-,23-22-,27-20-,29-18-,38-35-. The number of unbranched alkanes of at least 4 members (excludes halogenated alkanes) is 18. The lowest BCUT2D eigenvalue weighted by Gasteiger charge is -2.18. The van der Waals surface area contributed by atoms with E-state index in [1.165, 1.54) is 89.9 Å². The molecule has 55 heavy (non-hydrogen) atoms. The molecule has 0 spiro atoms. The average Bonchev–Trinajstić information content (AvgIpc) is 3.18. The lowest BCUT2D eigenvalue weighted by atomic mass is 10.1. The van der Waals surface area contributed by atoms with Crippen LogP contribution in [0.2, 0.25) is 0 Å². The Morgan fingerprint density at radius 2 is 0.855 bits per heavy atom. The van der Waals surface area contributed by atoms with Gasteiger partial charge in [0.2, 0.25) is 0 Å². The quantitative estimate of drug-likeness (QED) is 0.0204. The van der Waals surface area contributed by atoms with Gasteiger partial charge in [-0.05, 0) is 77.0 Å². The Hall–Kier alpha value is -3.15. The molecule has 0 amide bonds. The van der Waals surface area contributed by atoms with Crippen LogP contribution in [0, 0.1) is 0 Å². The van der Waals surface area contributed by atoms with Crippen molar-refractivity contribution in [2.45, 2.75) is 207 Å². The van der Waals surface area contributed by atoms with Gasteiger partial charge < -0.3 is 14.2 Å². The van der Waals surface area contributed by atoms with E-state index in [4.69, 9.17) is 14.2 Å². The molecule has 0 aliphatic carbocycles. The van der Waals surface area contributed by atoms with E-state index < -0.39 is 12.1 Å². The molecule has 0 fully saturated rings. The van der Waals surface area contributed by atoms with Crippen molar-refractivity contribution in [3.05, 3.63) is 72.9 Å². The normalized spacial score (nSPS) is 12.7. The third-order valence-corrected chi connectivity index (χ3v) is 9.23. The summed E-state index contributed by atoms with van der Waals surface area (Å²) in [6.07, 6.45) is 53.5. The first kappa shape index (κ1) is 51.9. The van der Waals surface area contributed by atoms with Gasteiger partial charge in [0.15, 0.2) is 6.10 Å². The van der Waals surface area contributed by atoms with Gasteiger partial charge in [0.25, 0.3) is 0 Å². The molecule has 6 heteroatoms. The first-order valence-electron chi connectivity index (χ1n) is 22.5. The Morgan fingerprint density at radius 1 is 0.418 bits per heavy atom. The van der Waals surface area contributed by atoms with E-state index in [9.17, 15) is 14.4 Å². The van der Waals surface area contributed by atoms with Crippen molar-refractivity contribution >= 4 is 17.9 Å². The third kappa shape index (κ3) is 41.8. The molecule has 1 unspecified atom stereocenters. The summed E-state index contributed by atoms with van der Waals surface area (Å²) in [6.45, 7) is 6.31. The van der Waals surface area contributed by atoms with E-state index in [0.29, 0.717) is 6.42 Å². The van der Waals surface area contributed by atoms with Crippen LogP contribution in [0.15, 0.2) is 72.9 Å². The van der Waals surface area contributed by atoms with Gasteiger partial charge in [-0.25, -0.2) is 0 Å². The highest BCUT2D eigenvalue weighted by molar-refractivity contribution is 5.72. The Kier molecular flexibility index (Phi) is 41.1. The van der Waals surface area contributed by atoms with Gasteiger partial charge in [-0.3, -0.25) is 14.4 Å². The van der Waals surface area contributed by atoms with Crippen LogP contribution in [0.3, 0.4) is 0 Å². The lowest BCUT2D eigenvalue weighted by molar-refractivity contribution is -0.166. The SMILES string of the molecule is CC/C=C\C/C=C\C/C=C\CC(=O)OCC(COC(=O)CCCCCCCCC/C=C\CCCCCCCC)OC(=O)CCCCC/C=C\C=C/CCCC. The summed E-state index contributed by atoms with van der Waals surface area (Å²) in [4.78, 5) is 37.6. The number of carbonyl (C=O) groups excluding carboxylic acids is 3. The summed E-state index contributed by atoms with van der Waals surface area (Å²) in [5.41, 5.74) is 0. The zero-order valence-corrected chi connectivity index (χ0v) is 35.7. The molecular formula is C49H82O6. The predicted octanol–water partition coefficient (Wildman–Crippen LogP) is 14.3. The van der Waals surface area contributed by atoms with Gasteiger partial charge >= 0.3 is 17.9 Å². The maximum absolute atomic E-state index is 12.7. The molecule has 6 nitrogen and oxygen atoms in total. The molecule has 0 heterocycles. The van der Waals surface area contributed by atoms with Crippen molar-refractivity contribution in [1.82, 2.24) is 0 Å². The molecule has 0 N–H and O–H groups in total. The molecule has 314 valence electrons. The summed E-state index contributed by atoms with van der Waals surface area (Å²) in [7, 11) is 0. The number of hydrogen-bond donors (Lipinski definition) is 0. The number of allylic oxidation sites excluding steroid dienone is 11. The number of esters is 3. The van der Waals surface area contributed by atoms with Crippen LogP contribution in [-0.2, 0) is 28.6 Å². The van der Waals surface area contributed by atoms with Crippen molar-refractivity contribution in [2.75, 3.05) is 13.2 Å². The highest BCUT2D eigenvalue weighted by Gasteiger charge is 2.19. The number of rotatable bonds is 39. The Labute approximate surface area is 338 Å². The van der Waals surface area contributed by atoms with Gasteiger partial charge in [0.1, 0.15) is 13.2 Å². The van der Waals surface area contributed by atoms with E-state index in [2.05, 4.69) is 81.5 Å². The molecule has 0 aliphatic rings. The molecule has 1 atom stereocenters. The second-order valence-corrected chi connectivity index (χ2v) is 14.6. The van der Waals surface area contributed by atoms with Crippen LogP contribution in [-0.4, -0.2) is 37.2 Å². The molecule has 0 aromatic rings. The van der Waals surface area contributed by atoms with Crippen molar-refractivity contribution in [1.29, 1.82) is 0 Å². The summed E-state index contributed by atoms with van der Waals surface area (Å²) in [5.74, 6) is -1.09. The van der Waals surface area contributed by atoms with E-state index in [0.717, 1.165) is 70.6 Å². The molecule has 0 rings (SSSR count). The van der Waals surface area contributed by atoms with Gasteiger partial charge in [0.05, 0.1) is 6.42 Å². The van der Waals surface area contributed by atoms with Crippen molar-refractivity contribution in [3.8, 4) is 0 Å². The maximum Gasteiger partial charge on any atom is 0.309 e. The highest BCUT2D eigenvalue weighted by atomic mass is 16.6. The van der Waals surface area contributed by atoms with Crippen LogP contribution in [0.5, 0.6) is 0 Å². The van der Waals surface area contributed by atoms with E-state index in [-0.39, 0.29) is 38.0 Å². The van der Waals surface area contributed by atoms with Gasteiger partial charge in [-0.2, -0.15) is 0 Å². The van der Waals surface area contributed by atoms with Crippen LogP contribution in [0.4, 0.5) is 0 Å². The number of carbonyl (C=O) groups is 3. The van der Waals surface area contributed by atoms with Gasteiger partial charge in [-0.1, -0.05) is 177 Å². The summed E-state index contributed by atoms with van der Waals surface area (Å²) in [6, 6.07) is 0. The van der Waals surface area contributed by atoms with Gasteiger partial charge in [0, 0.05) is 12.8 Å². The van der Waals surface area contributed by atoms with Crippen LogP contribution < -0.4 is 0 Å². The second-order valence-electron chi connectivity index (χ2n) is 14.6. The topological polar surface area (TPSA) is 78.9 Å². The Balaban J connectivity index is 4.42. The van der Waals surface area contributed by atoms with Crippen LogP contribution >= 0.6 is 0 Å². The van der Waals surface area contributed by atoms with Crippen molar-refractivity contribution in [3.63, 3.8) is 0 Å². The Morgan fingerprint density at radius 3 is 1.44 bits per heavy atom. The minimum atomic E-state index is -0.823. The molecule has 0 aliphatic heterocycles. The smallest absolute Gasteiger partial charge is 0.309 e. The largest absolute Gasteiger partial charge is 0.462 e. The lowest BCUT2D eigenvalue weighted by Crippen LogP contribution is -2.30.